The van der Waals surface area contributed by atoms with Crippen molar-refractivity contribution in [1.29, 1.82) is 0 Å². The zero-order chi connectivity index (χ0) is 19.9. The van der Waals surface area contributed by atoms with Crippen molar-refractivity contribution in [3.63, 3.8) is 0 Å². The number of aryl methyl sites for hydroxylation is 2. The Balaban J connectivity index is 1.74. The van der Waals surface area contributed by atoms with Crippen molar-refractivity contribution in [3.05, 3.63) is 86.5 Å². The Kier molecular flexibility index (Phi) is 7.20. The summed E-state index contributed by atoms with van der Waals surface area (Å²) in [6, 6.07) is 21.0. The van der Waals surface area contributed by atoms with Gasteiger partial charge in [0.05, 0.1) is 10.2 Å². The van der Waals surface area contributed by atoms with Crippen LogP contribution in [-0.2, 0) is 13.2 Å². The zero-order valence-electron chi connectivity index (χ0n) is 16.6. The van der Waals surface area contributed by atoms with E-state index < -0.39 is 0 Å². The molecular weight excluding hydrogens is 461 g/mol. The first-order valence-electron chi connectivity index (χ1n) is 9.49. The average molecular weight is 487 g/mol. The normalized spacial score (nSPS) is 10.6. The number of rotatable bonds is 8. The summed E-state index contributed by atoms with van der Waals surface area (Å²) in [6.45, 7) is 8.04. The molecular formula is C24H26INO2. The van der Waals surface area contributed by atoms with Gasteiger partial charge in [-0.2, -0.15) is 0 Å². The standard InChI is InChI=1S/C24H26INO2/c1-4-27-23-14-20(15-26-21-7-5-6-18(3)12-21)13-22(25)24(23)28-16-19-10-8-17(2)9-11-19/h5-14,26H,4,15-16H2,1-3H3. The molecule has 3 aromatic carbocycles. The minimum absolute atomic E-state index is 0.525. The molecule has 0 atom stereocenters. The molecule has 0 aromatic heterocycles. The number of halogens is 1. The molecule has 0 aliphatic heterocycles. The van der Waals surface area contributed by atoms with Gasteiger partial charge < -0.3 is 14.8 Å². The van der Waals surface area contributed by atoms with E-state index in [-0.39, 0.29) is 0 Å². The molecule has 3 aromatic rings. The topological polar surface area (TPSA) is 30.5 Å². The van der Waals surface area contributed by atoms with Crippen LogP contribution in [0, 0.1) is 17.4 Å². The molecule has 0 unspecified atom stereocenters. The summed E-state index contributed by atoms with van der Waals surface area (Å²) >= 11 is 2.33. The summed E-state index contributed by atoms with van der Waals surface area (Å²) in [4.78, 5) is 0. The summed E-state index contributed by atoms with van der Waals surface area (Å²) in [7, 11) is 0. The van der Waals surface area contributed by atoms with Crippen LogP contribution in [0.4, 0.5) is 5.69 Å². The molecule has 0 heterocycles. The molecule has 0 bridgehead atoms. The third kappa shape index (κ3) is 5.64. The predicted molar refractivity (Wildman–Crippen MR) is 124 cm³/mol. The fraction of sp³-hybridized carbons (Fsp3) is 0.250. The number of hydrogen-bond donors (Lipinski definition) is 1. The highest BCUT2D eigenvalue weighted by atomic mass is 127. The van der Waals surface area contributed by atoms with E-state index in [0.29, 0.717) is 13.2 Å². The van der Waals surface area contributed by atoms with Crippen LogP contribution in [0.1, 0.15) is 29.2 Å². The van der Waals surface area contributed by atoms with Crippen molar-refractivity contribution >= 4 is 28.3 Å². The predicted octanol–water partition coefficient (Wildman–Crippen LogP) is 6.50. The fourth-order valence-corrected chi connectivity index (χ4v) is 3.75. The number of benzene rings is 3. The van der Waals surface area contributed by atoms with Gasteiger partial charge >= 0.3 is 0 Å². The van der Waals surface area contributed by atoms with E-state index in [1.54, 1.807) is 0 Å². The lowest BCUT2D eigenvalue weighted by molar-refractivity contribution is 0.267. The maximum atomic E-state index is 6.13. The van der Waals surface area contributed by atoms with Gasteiger partial charge in [0.1, 0.15) is 6.61 Å². The molecule has 0 fully saturated rings. The molecule has 0 amide bonds. The van der Waals surface area contributed by atoms with Gasteiger partial charge in [0.15, 0.2) is 11.5 Å². The SMILES string of the molecule is CCOc1cc(CNc2cccc(C)c2)cc(I)c1OCc1ccc(C)cc1. The monoisotopic (exact) mass is 487 g/mol. The maximum Gasteiger partial charge on any atom is 0.174 e. The van der Waals surface area contributed by atoms with E-state index in [9.17, 15) is 0 Å². The molecule has 0 saturated heterocycles. The van der Waals surface area contributed by atoms with Crippen LogP contribution in [-0.4, -0.2) is 6.61 Å². The molecule has 28 heavy (non-hydrogen) atoms. The lowest BCUT2D eigenvalue weighted by Gasteiger charge is -2.16. The van der Waals surface area contributed by atoms with E-state index >= 15 is 0 Å². The number of ether oxygens (including phenoxy) is 2. The maximum absolute atomic E-state index is 6.13. The highest BCUT2D eigenvalue weighted by Gasteiger charge is 2.13. The highest BCUT2D eigenvalue weighted by molar-refractivity contribution is 14.1. The number of nitrogens with one attached hydrogen (secondary N) is 1. The smallest absolute Gasteiger partial charge is 0.174 e. The third-order valence-electron chi connectivity index (χ3n) is 4.39. The van der Waals surface area contributed by atoms with Crippen molar-refractivity contribution in [2.75, 3.05) is 11.9 Å². The van der Waals surface area contributed by atoms with Crippen molar-refractivity contribution in [2.45, 2.75) is 33.9 Å². The Labute approximate surface area is 181 Å². The molecule has 1 N–H and O–H groups in total. The summed E-state index contributed by atoms with van der Waals surface area (Å²) < 4.78 is 13.1. The average Bonchev–Trinajstić information content (AvgIpc) is 2.67. The lowest BCUT2D eigenvalue weighted by atomic mass is 10.1. The minimum atomic E-state index is 0.525. The third-order valence-corrected chi connectivity index (χ3v) is 5.19. The van der Waals surface area contributed by atoms with Gasteiger partial charge in [0, 0.05) is 12.2 Å². The first-order chi connectivity index (χ1) is 13.5. The van der Waals surface area contributed by atoms with Crippen molar-refractivity contribution in [1.82, 2.24) is 0 Å². The van der Waals surface area contributed by atoms with Crippen LogP contribution < -0.4 is 14.8 Å². The molecule has 4 heteroatoms. The van der Waals surface area contributed by atoms with E-state index in [1.165, 1.54) is 11.1 Å². The van der Waals surface area contributed by atoms with Crippen LogP contribution in [0.25, 0.3) is 0 Å². The van der Waals surface area contributed by atoms with E-state index in [4.69, 9.17) is 9.47 Å². The van der Waals surface area contributed by atoms with E-state index in [2.05, 4.69) is 102 Å². The molecule has 146 valence electrons. The summed E-state index contributed by atoms with van der Waals surface area (Å²) in [5, 5.41) is 3.48. The molecule has 0 aliphatic rings. The number of anilines is 1. The van der Waals surface area contributed by atoms with Crippen LogP contribution in [0.5, 0.6) is 11.5 Å². The minimum Gasteiger partial charge on any atom is -0.490 e. The Morgan fingerprint density at radius 3 is 2.36 bits per heavy atom. The van der Waals surface area contributed by atoms with Gasteiger partial charge in [-0.3, -0.25) is 0 Å². The van der Waals surface area contributed by atoms with Gasteiger partial charge in [0.25, 0.3) is 0 Å². The van der Waals surface area contributed by atoms with Gasteiger partial charge in [-0.1, -0.05) is 42.0 Å². The first kappa shape index (κ1) is 20.5. The van der Waals surface area contributed by atoms with Gasteiger partial charge in [-0.05, 0) is 84.3 Å². The summed E-state index contributed by atoms with van der Waals surface area (Å²) in [5.41, 5.74) is 5.92. The Hall–Kier alpha value is -2.21. The molecule has 0 aliphatic carbocycles. The molecule has 0 radical (unpaired) electrons. The lowest BCUT2D eigenvalue weighted by Crippen LogP contribution is -2.05. The van der Waals surface area contributed by atoms with E-state index in [0.717, 1.165) is 38.4 Å². The van der Waals surface area contributed by atoms with Crippen LogP contribution >= 0.6 is 22.6 Å². The van der Waals surface area contributed by atoms with Crippen molar-refractivity contribution in [2.24, 2.45) is 0 Å². The Morgan fingerprint density at radius 1 is 0.857 bits per heavy atom. The summed E-state index contributed by atoms with van der Waals surface area (Å²) in [5.74, 6) is 1.60. The van der Waals surface area contributed by atoms with Gasteiger partial charge in [0.2, 0.25) is 0 Å². The van der Waals surface area contributed by atoms with Crippen LogP contribution in [0.3, 0.4) is 0 Å². The second-order valence-electron chi connectivity index (χ2n) is 6.84. The fourth-order valence-electron chi connectivity index (χ4n) is 2.93. The molecule has 3 rings (SSSR count). The highest BCUT2D eigenvalue weighted by Crippen LogP contribution is 2.35. The Bertz CT molecular complexity index is 922. The first-order valence-corrected chi connectivity index (χ1v) is 10.6. The van der Waals surface area contributed by atoms with Crippen molar-refractivity contribution < 1.29 is 9.47 Å². The second kappa shape index (κ2) is 9.82. The Morgan fingerprint density at radius 2 is 1.64 bits per heavy atom. The molecule has 3 nitrogen and oxygen atoms in total. The summed E-state index contributed by atoms with van der Waals surface area (Å²) in [6.07, 6.45) is 0. The van der Waals surface area contributed by atoms with Crippen LogP contribution in [0.2, 0.25) is 0 Å². The van der Waals surface area contributed by atoms with Gasteiger partial charge in [-0.15, -0.1) is 0 Å². The van der Waals surface area contributed by atoms with Crippen LogP contribution in [0.15, 0.2) is 60.7 Å². The second-order valence-corrected chi connectivity index (χ2v) is 8.00. The largest absolute Gasteiger partial charge is 0.490 e. The molecule has 0 saturated carbocycles. The quantitative estimate of drug-likeness (QED) is 0.368. The zero-order valence-corrected chi connectivity index (χ0v) is 18.7. The van der Waals surface area contributed by atoms with Gasteiger partial charge in [-0.25, -0.2) is 0 Å². The van der Waals surface area contributed by atoms with Crippen molar-refractivity contribution in [3.8, 4) is 11.5 Å². The van der Waals surface area contributed by atoms with E-state index in [1.807, 2.05) is 6.92 Å². The molecule has 0 spiro atoms. The number of hydrogen-bond acceptors (Lipinski definition) is 3.